The van der Waals surface area contributed by atoms with Crippen molar-refractivity contribution in [2.75, 3.05) is 26.7 Å². The first kappa shape index (κ1) is 20.1. The van der Waals surface area contributed by atoms with E-state index in [1.165, 1.54) is 29.4 Å². The van der Waals surface area contributed by atoms with Gasteiger partial charge in [-0.05, 0) is 17.5 Å². The van der Waals surface area contributed by atoms with Crippen LogP contribution in [0.3, 0.4) is 0 Å². The number of carbonyl (C=O) groups excluding carboxylic acids is 3. The first-order valence-corrected chi connectivity index (χ1v) is 9.94. The van der Waals surface area contributed by atoms with Crippen molar-refractivity contribution in [2.24, 2.45) is 0 Å². The summed E-state index contributed by atoms with van der Waals surface area (Å²) >= 11 is 0. The second-order valence-electron chi connectivity index (χ2n) is 7.44. The molecule has 30 heavy (non-hydrogen) atoms. The third kappa shape index (κ3) is 4.20. The van der Waals surface area contributed by atoms with Gasteiger partial charge in [0.15, 0.2) is 5.69 Å². The maximum atomic E-state index is 13.0. The van der Waals surface area contributed by atoms with Crippen LogP contribution in [0.5, 0.6) is 0 Å². The SMILES string of the molecule is COC(=O)C[C@@H]1C(=O)NCCN1C(=O)c1coc(CN2CCc3ccccc3C2)n1. The highest BCUT2D eigenvalue weighted by Gasteiger charge is 2.36. The van der Waals surface area contributed by atoms with Crippen LogP contribution in [-0.4, -0.2) is 65.4 Å². The van der Waals surface area contributed by atoms with E-state index in [1.54, 1.807) is 0 Å². The Hall–Kier alpha value is -3.20. The van der Waals surface area contributed by atoms with Crippen molar-refractivity contribution in [2.45, 2.75) is 32.0 Å². The summed E-state index contributed by atoms with van der Waals surface area (Å²) in [4.78, 5) is 44.7. The van der Waals surface area contributed by atoms with Crippen LogP contribution in [0.4, 0.5) is 0 Å². The predicted octanol–water partition coefficient (Wildman–Crippen LogP) is 0.737. The van der Waals surface area contributed by atoms with Gasteiger partial charge in [0.25, 0.3) is 5.91 Å². The molecule has 9 heteroatoms. The van der Waals surface area contributed by atoms with Crippen LogP contribution in [-0.2, 0) is 33.8 Å². The molecule has 9 nitrogen and oxygen atoms in total. The zero-order chi connectivity index (χ0) is 21.1. The molecule has 4 rings (SSSR count). The summed E-state index contributed by atoms with van der Waals surface area (Å²) in [6, 6.07) is 7.43. The summed E-state index contributed by atoms with van der Waals surface area (Å²) in [5.41, 5.74) is 2.78. The fourth-order valence-electron chi connectivity index (χ4n) is 3.91. The lowest BCUT2D eigenvalue weighted by atomic mass is 10.00. The number of benzene rings is 1. The number of esters is 1. The Labute approximate surface area is 174 Å². The fraction of sp³-hybridized carbons (Fsp3) is 0.429. The molecule has 0 aliphatic carbocycles. The number of carbonyl (C=O) groups is 3. The molecule has 0 unspecified atom stereocenters. The van der Waals surface area contributed by atoms with E-state index in [1.807, 2.05) is 6.07 Å². The minimum Gasteiger partial charge on any atom is -0.469 e. The minimum atomic E-state index is -0.919. The standard InChI is InChI=1S/C21H24N4O5/c1-29-19(26)10-17-20(27)22-7-9-25(17)21(28)16-13-30-18(23-16)12-24-8-6-14-4-2-3-5-15(14)11-24/h2-5,13,17H,6-12H2,1H3,(H,22,27)/t17-/m1/s1. The monoisotopic (exact) mass is 412 g/mol. The molecule has 1 atom stereocenters. The molecule has 1 saturated heterocycles. The Balaban J connectivity index is 1.43. The Morgan fingerprint density at radius 2 is 2.07 bits per heavy atom. The molecule has 158 valence electrons. The molecule has 1 aromatic carbocycles. The molecule has 2 aliphatic rings. The summed E-state index contributed by atoms with van der Waals surface area (Å²) in [7, 11) is 1.25. The molecule has 1 aromatic heterocycles. The van der Waals surface area contributed by atoms with Crippen LogP contribution < -0.4 is 5.32 Å². The Bertz CT molecular complexity index is 956. The van der Waals surface area contributed by atoms with E-state index in [0.29, 0.717) is 19.0 Å². The summed E-state index contributed by atoms with van der Waals surface area (Å²) in [5, 5.41) is 2.67. The number of ether oxygens (including phenoxy) is 1. The molecule has 1 fully saturated rings. The summed E-state index contributed by atoms with van der Waals surface area (Å²) < 4.78 is 10.2. The molecule has 0 spiro atoms. The lowest BCUT2D eigenvalue weighted by molar-refractivity contribution is -0.145. The zero-order valence-corrected chi connectivity index (χ0v) is 16.8. The van der Waals surface area contributed by atoms with Gasteiger partial charge in [0.05, 0.1) is 20.1 Å². The normalized spacial score (nSPS) is 19.2. The van der Waals surface area contributed by atoms with Crippen LogP contribution in [0.1, 0.15) is 33.9 Å². The number of hydrogen-bond acceptors (Lipinski definition) is 7. The van der Waals surface area contributed by atoms with Gasteiger partial charge in [-0.15, -0.1) is 0 Å². The quantitative estimate of drug-likeness (QED) is 0.722. The van der Waals surface area contributed by atoms with E-state index in [0.717, 1.165) is 19.5 Å². The van der Waals surface area contributed by atoms with Crippen molar-refractivity contribution in [1.29, 1.82) is 0 Å². The molecule has 1 N–H and O–H groups in total. The second kappa shape index (κ2) is 8.66. The third-order valence-corrected chi connectivity index (χ3v) is 5.52. The summed E-state index contributed by atoms with van der Waals surface area (Å²) in [6.45, 7) is 2.79. The van der Waals surface area contributed by atoms with E-state index in [9.17, 15) is 14.4 Å². The van der Waals surface area contributed by atoms with Gasteiger partial charge in [0, 0.05) is 26.2 Å². The number of rotatable bonds is 5. The van der Waals surface area contributed by atoms with Crippen molar-refractivity contribution in [1.82, 2.24) is 20.1 Å². The molecule has 0 bridgehead atoms. The first-order chi connectivity index (χ1) is 14.5. The van der Waals surface area contributed by atoms with E-state index in [2.05, 4.69) is 38.1 Å². The van der Waals surface area contributed by atoms with Gasteiger partial charge in [-0.2, -0.15) is 0 Å². The molecule has 0 saturated carbocycles. The number of amides is 2. The van der Waals surface area contributed by atoms with Gasteiger partial charge in [0.2, 0.25) is 11.8 Å². The van der Waals surface area contributed by atoms with E-state index in [-0.39, 0.29) is 24.6 Å². The van der Waals surface area contributed by atoms with Crippen LogP contribution in [0.2, 0.25) is 0 Å². The first-order valence-electron chi connectivity index (χ1n) is 9.94. The number of nitrogens with one attached hydrogen (secondary N) is 1. The van der Waals surface area contributed by atoms with Crippen LogP contribution in [0, 0.1) is 0 Å². The van der Waals surface area contributed by atoms with E-state index < -0.39 is 17.9 Å². The maximum Gasteiger partial charge on any atom is 0.308 e. The van der Waals surface area contributed by atoms with Gasteiger partial charge < -0.3 is 19.4 Å². The Kier molecular flexibility index (Phi) is 5.80. The fourth-order valence-corrected chi connectivity index (χ4v) is 3.91. The van der Waals surface area contributed by atoms with Gasteiger partial charge in [-0.3, -0.25) is 19.3 Å². The van der Waals surface area contributed by atoms with Crippen LogP contribution in [0.15, 0.2) is 34.9 Å². The van der Waals surface area contributed by atoms with Crippen LogP contribution in [0.25, 0.3) is 0 Å². The van der Waals surface area contributed by atoms with Crippen molar-refractivity contribution < 1.29 is 23.5 Å². The average molecular weight is 412 g/mol. The highest BCUT2D eigenvalue weighted by molar-refractivity contribution is 5.98. The number of methoxy groups -OCH3 is 1. The average Bonchev–Trinajstić information content (AvgIpc) is 3.23. The number of piperazine rings is 1. The summed E-state index contributed by atoms with van der Waals surface area (Å²) in [5.74, 6) is -0.918. The lowest BCUT2D eigenvalue weighted by Crippen LogP contribution is -2.57. The highest BCUT2D eigenvalue weighted by Crippen LogP contribution is 2.21. The van der Waals surface area contributed by atoms with Crippen molar-refractivity contribution in [3.05, 3.63) is 53.2 Å². The molecule has 0 radical (unpaired) electrons. The highest BCUT2D eigenvalue weighted by atomic mass is 16.5. The molecule has 2 aromatic rings. The van der Waals surface area contributed by atoms with Crippen molar-refractivity contribution >= 4 is 17.8 Å². The maximum absolute atomic E-state index is 13.0. The van der Waals surface area contributed by atoms with E-state index in [4.69, 9.17) is 4.42 Å². The smallest absolute Gasteiger partial charge is 0.308 e. The Morgan fingerprint density at radius 3 is 2.87 bits per heavy atom. The Morgan fingerprint density at radius 1 is 1.27 bits per heavy atom. The number of hydrogen-bond donors (Lipinski definition) is 1. The van der Waals surface area contributed by atoms with Gasteiger partial charge in [0.1, 0.15) is 12.3 Å². The summed E-state index contributed by atoms with van der Waals surface area (Å²) in [6.07, 6.45) is 2.07. The molecule has 3 heterocycles. The van der Waals surface area contributed by atoms with Crippen molar-refractivity contribution in [3.8, 4) is 0 Å². The van der Waals surface area contributed by atoms with Crippen LogP contribution >= 0.6 is 0 Å². The molecular weight excluding hydrogens is 388 g/mol. The van der Waals surface area contributed by atoms with Crippen molar-refractivity contribution in [3.63, 3.8) is 0 Å². The largest absolute Gasteiger partial charge is 0.469 e. The molecule has 2 amide bonds. The molecule has 2 aliphatic heterocycles. The topological polar surface area (TPSA) is 105 Å². The lowest BCUT2D eigenvalue weighted by Gasteiger charge is -2.33. The second-order valence-corrected chi connectivity index (χ2v) is 7.44. The predicted molar refractivity (Wildman–Crippen MR) is 105 cm³/mol. The van der Waals surface area contributed by atoms with Gasteiger partial charge in [-0.25, -0.2) is 4.98 Å². The van der Waals surface area contributed by atoms with Gasteiger partial charge in [-0.1, -0.05) is 24.3 Å². The third-order valence-electron chi connectivity index (χ3n) is 5.52. The van der Waals surface area contributed by atoms with E-state index >= 15 is 0 Å². The zero-order valence-electron chi connectivity index (χ0n) is 16.8. The van der Waals surface area contributed by atoms with Gasteiger partial charge >= 0.3 is 5.97 Å². The number of oxazole rings is 1. The minimum absolute atomic E-state index is 0.131. The molecular formula is C21H24N4O5. The number of aromatic nitrogens is 1. The number of fused-ring (bicyclic) bond motifs is 1. The number of nitrogens with zero attached hydrogens (tertiary/aromatic N) is 3.